The summed E-state index contributed by atoms with van der Waals surface area (Å²) in [6, 6.07) is 8.78. The van der Waals surface area contributed by atoms with E-state index >= 15 is 0 Å². The van der Waals surface area contributed by atoms with Crippen molar-refractivity contribution in [2.75, 3.05) is 13.7 Å². The first-order chi connectivity index (χ1) is 10.8. The Morgan fingerprint density at radius 2 is 1.23 bits per heavy atom. The van der Waals surface area contributed by atoms with Gasteiger partial charge in [0.25, 0.3) is 0 Å². The molecular weight excluding hydrogens is 268 g/mol. The van der Waals surface area contributed by atoms with Crippen molar-refractivity contribution < 1.29 is 4.74 Å². The Morgan fingerprint density at radius 3 is 1.55 bits per heavy atom. The third kappa shape index (κ3) is 12.9. The molecule has 1 aliphatic rings. The fourth-order valence-electron chi connectivity index (χ4n) is 2.14. The second-order valence-corrected chi connectivity index (χ2v) is 4.53. The molecule has 0 radical (unpaired) electrons. The highest BCUT2D eigenvalue weighted by Gasteiger charge is 2.19. The maximum Gasteiger partial charge on any atom is 0.0465 e. The van der Waals surface area contributed by atoms with E-state index in [0.717, 1.165) is 12.5 Å². The van der Waals surface area contributed by atoms with Crippen LogP contribution in [0.3, 0.4) is 0 Å². The van der Waals surface area contributed by atoms with Gasteiger partial charge in [-0.1, -0.05) is 86.1 Å². The summed E-state index contributed by atoms with van der Waals surface area (Å²) in [6.07, 6.45) is 4.95. The van der Waals surface area contributed by atoms with Gasteiger partial charge in [-0.05, 0) is 36.3 Å². The van der Waals surface area contributed by atoms with Gasteiger partial charge in [-0.2, -0.15) is 0 Å². The minimum absolute atomic E-state index is 0.817. The van der Waals surface area contributed by atoms with E-state index in [-0.39, 0.29) is 0 Å². The summed E-state index contributed by atoms with van der Waals surface area (Å²) in [5.41, 5.74) is 3.09. The Balaban J connectivity index is -0.000000344. The molecule has 2 rings (SSSR count). The van der Waals surface area contributed by atoms with Crippen LogP contribution in [0.15, 0.2) is 24.3 Å². The maximum atomic E-state index is 5.10. The molecule has 0 fully saturated rings. The van der Waals surface area contributed by atoms with Crippen LogP contribution in [0.1, 0.15) is 79.4 Å². The molecule has 132 valence electrons. The zero-order valence-corrected chi connectivity index (χ0v) is 16.8. The van der Waals surface area contributed by atoms with E-state index < -0.39 is 0 Å². The highest BCUT2D eigenvalue weighted by atomic mass is 16.5. The average Bonchev–Trinajstić information content (AvgIpc) is 3.02. The number of fused-ring (bicyclic) bond motifs is 1. The Kier molecular flexibility index (Phi) is 26.6. The number of rotatable bonds is 3. The van der Waals surface area contributed by atoms with Gasteiger partial charge in [-0.3, -0.25) is 0 Å². The Hall–Kier alpha value is -0.820. The third-order valence-corrected chi connectivity index (χ3v) is 2.87. The molecule has 0 bridgehead atoms. The van der Waals surface area contributed by atoms with E-state index in [9.17, 15) is 0 Å². The lowest BCUT2D eigenvalue weighted by Crippen LogP contribution is -2.03. The highest BCUT2D eigenvalue weighted by Crippen LogP contribution is 2.28. The predicted molar refractivity (Wildman–Crippen MR) is 104 cm³/mol. The van der Waals surface area contributed by atoms with Crippen LogP contribution in [0, 0.1) is 5.92 Å². The van der Waals surface area contributed by atoms with Crippen molar-refractivity contribution in [1.82, 2.24) is 0 Å². The lowest BCUT2D eigenvalue weighted by atomic mass is 10.0. The van der Waals surface area contributed by atoms with E-state index in [4.69, 9.17) is 4.74 Å². The minimum Gasteiger partial charge on any atom is -0.385 e. The lowest BCUT2D eigenvalue weighted by Gasteiger charge is -2.06. The molecule has 0 saturated heterocycles. The molecular formula is C21H42O. The van der Waals surface area contributed by atoms with E-state index in [2.05, 4.69) is 38.1 Å². The highest BCUT2D eigenvalue weighted by molar-refractivity contribution is 5.31. The molecule has 0 unspecified atom stereocenters. The van der Waals surface area contributed by atoms with Gasteiger partial charge in [-0.15, -0.1) is 0 Å². The Labute approximate surface area is 141 Å². The monoisotopic (exact) mass is 310 g/mol. The largest absolute Gasteiger partial charge is 0.385 e. The smallest absolute Gasteiger partial charge is 0.0465 e. The summed E-state index contributed by atoms with van der Waals surface area (Å²) in [5, 5.41) is 0. The van der Waals surface area contributed by atoms with Gasteiger partial charge in [0.1, 0.15) is 0 Å². The van der Waals surface area contributed by atoms with Gasteiger partial charge >= 0.3 is 0 Å². The molecule has 0 saturated carbocycles. The Bertz CT molecular complexity index is 269. The molecule has 0 aliphatic heterocycles. The summed E-state index contributed by atoms with van der Waals surface area (Å²) in [4.78, 5) is 0. The molecule has 0 aromatic heterocycles. The van der Waals surface area contributed by atoms with Crippen LogP contribution in [-0.4, -0.2) is 13.7 Å². The van der Waals surface area contributed by atoms with Gasteiger partial charge < -0.3 is 4.74 Å². The average molecular weight is 311 g/mol. The first-order valence-corrected chi connectivity index (χ1v) is 9.37. The number of benzene rings is 1. The summed E-state index contributed by atoms with van der Waals surface area (Å²) < 4.78 is 5.10. The standard InChI is InChI=1S/C12H16O.C3H8.3C2H6/c1-13-7-6-10-8-11-4-2-3-5-12(11)9-10;1-3-2;3*1-2/h2-5,10H,6-9H2,1H3;3H2,1-2H3;3*1-2H3. The number of hydrogen-bond donors (Lipinski definition) is 0. The van der Waals surface area contributed by atoms with Crippen LogP contribution in [0.2, 0.25) is 0 Å². The van der Waals surface area contributed by atoms with Crippen LogP contribution in [0.4, 0.5) is 0 Å². The molecule has 1 heteroatoms. The van der Waals surface area contributed by atoms with Crippen LogP contribution in [-0.2, 0) is 17.6 Å². The second kappa shape index (κ2) is 22.5. The maximum absolute atomic E-state index is 5.10. The number of methoxy groups -OCH3 is 1. The summed E-state index contributed by atoms with van der Waals surface area (Å²) >= 11 is 0. The zero-order valence-electron chi connectivity index (χ0n) is 16.8. The first kappa shape index (κ1) is 26.1. The van der Waals surface area contributed by atoms with Gasteiger partial charge in [0.05, 0.1) is 0 Å². The van der Waals surface area contributed by atoms with Gasteiger partial charge in [0.2, 0.25) is 0 Å². The zero-order chi connectivity index (χ0) is 17.8. The van der Waals surface area contributed by atoms with Crippen molar-refractivity contribution in [3.63, 3.8) is 0 Å². The quantitative estimate of drug-likeness (QED) is 0.588. The van der Waals surface area contributed by atoms with Crippen LogP contribution >= 0.6 is 0 Å². The van der Waals surface area contributed by atoms with Crippen LogP contribution < -0.4 is 0 Å². The molecule has 1 nitrogen and oxygen atoms in total. The molecule has 1 aromatic rings. The molecule has 0 amide bonds. The van der Waals surface area contributed by atoms with Crippen molar-refractivity contribution in [3.05, 3.63) is 35.4 Å². The third-order valence-electron chi connectivity index (χ3n) is 2.87. The van der Waals surface area contributed by atoms with Gasteiger partial charge in [0, 0.05) is 13.7 Å². The summed E-state index contributed by atoms with van der Waals surface area (Å²) in [6.45, 7) is 17.2. The SMILES string of the molecule is CC.CC.CC.CCC.COCCC1Cc2ccccc2C1. The molecule has 0 heterocycles. The fourth-order valence-corrected chi connectivity index (χ4v) is 2.14. The van der Waals surface area contributed by atoms with Crippen molar-refractivity contribution in [2.45, 2.75) is 81.1 Å². The summed E-state index contributed by atoms with van der Waals surface area (Å²) in [5.74, 6) is 0.817. The van der Waals surface area contributed by atoms with E-state index in [1.807, 2.05) is 41.5 Å². The van der Waals surface area contributed by atoms with Crippen molar-refractivity contribution >= 4 is 0 Å². The van der Waals surface area contributed by atoms with Crippen LogP contribution in [0.25, 0.3) is 0 Å². The van der Waals surface area contributed by atoms with E-state index in [1.165, 1.54) is 25.7 Å². The van der Waals surface area contributed by atoms with Crippen LogP contribution in [0.5, 0.6) is 0 Å². The first-order valence-electron chi connectivity index (χ1n) is 9.37. The summed E-state index contributed by atoms with van der Waals surface area (Å²) in [7, 11) is 1.78. The Morgan fingerprint density at radius 1 is 0.864 bits per heavy atom. The molecule has 1 aliphatic carbocycles. The number of hydrogen-bond acceptors (Lipinski definition) is 1. The van der Waals surface area contributed by atoms with Crippen molar-refractivity contribution in [2.24, 2.45) is 5.92 Å². The predicted octanol–water partition coefficient (Wildman–Crippen LogP) is 6.93. The van der Waals surface area contributed by atoms with Gasteiger partial charge in [0.15, 0.2) is 0 Å². The molecule has 0 spiro atoms. The van der Waals surface area contributed by atoms with Crippen molar-refractivity contribution in [3.8, 4) is 0 Å². The van der Waals surface area contributed by atoms with E-state index in [1.54, 1.807) is 18.2 Å². The molecule has 22 heavy (non-hydrogen) atoms. The molecule has 1 aromatic carbocycles. The van der Waals surface area contributed by atoms with Crippen molar-refractivity contribution in [1.29, 1.82) is 0 Å². The second-order valence-electron chi connectivity index (χ2n) is 4.53. The molecule has 0 N–H and O–H groups in total. The number of ether oxygens (including phenoxy) is 1. The topological polar surface area (TPSA) is 9.23 Å². The molecule has 0 atom stereocenters. The normalized spacial score (nSPS) is 11.1. The van der Waals surface area contributed by atoms with Gasteiger partial charge in [-0.25, -0.2) is 0 Å². The van der Waals surface area contributed by atoms with E-state index in [0.29, 0.717) is 0 Å². The minimum atomic E-state index is 0.817. The fraction of sp³-hybridized carbons (Fsp3) is 0.714. The lowest BCUT2D eigenvalue weighted by molar-refractivity contribution is 0.179.